The lowest BCUT2D eigenvalue weighted by molar-refractivity contribution is -0.116. The van der Waals surface area contributed by atoms with Crippen LogP contribution in [0.1, 0.15) is 20.9 Å². The molecule has 0 saturated carbocycles. The molecule has 0 atom stereocenters. The molecule has 3 nitrogen and oxygen atoms in total. The molecule has 0 radical (unpaired) electrons. The van der Waals surface area contributed by atoms with Crippen molar-refractivity contribution in [1.29, 1.82) is 0 Å². The fraction of sp³-hybridized carbons (Fsp3) is 0.235. The minimum Gasteiger partial charge on any atom is -0.380 e. The molecule has 2 aromatic rings. The number of carbonyl (C=O) groups is 1. The zero-order chi connectivity index (χ0) is 15.1. The molecule has 110 valence electrons. The second kappa shape index (κ2) is 7.76. The van der Waals surface area contributed by atoms with Crippen LogP contribution in [0.3, 0.4) is 0 Å². The Labute approximate surface area is 129 Å². The van der Waals surface area contributed by atoms with Gasteiger partial charge in [0, 0.05) is 29.5 Å². The SMILES string of the molecule is COCc1ccc(CNC(=O)C=Cc2ccc(C)s2)cc1. The number of methoxy groups -OCH3 is 1. The standard InChI is InChI=1S/C17H19NO2S/c1-13-3-8-16(21-13)9-10-17(19)18-11-14-4-6-15(7-5-14)12-20-2/h3-10H,11-12H2,1-2H3,(H,18,19). The van der Waals surface area contributed by atoms with Crippen LogP contribution < -0.4 is 5.32 Å². The van der Waals surface area contributed by atoms with E-state index in [2.05, 4.69) is 12.2 Å². The van der Waals surface area contributed by atoms with Gasteiger partial charge in [0.25, 0.3) is 0 Å². The normalized spacial score (nSPS) is 11.0. The minimum absolute atomic E-state index is 0.0815. The molecule has 1 heterocycles. The molecule has 0 unspecified atom stereocenters. The Hall–Kier alpha value is -1.91. The summed E-state index contributed by atoms with van der Waals surface area (Å²) >= 11 is 1.67. The molecule has 0 aliphatic heterocycles. The quantitative estimate of drug-likeness (QED) is 0.829. The molecule has 0 fully saturated rings. The summed E-state index contributed by atoms with van der Waals surface area (Å²) in [6, 6.07) is 12.1. The molecule has 21 heavy (non-hydrogen) atoms. The van der Waals surface area contributed by atoms with Crippen molar-refractivity contribution < 1.29 is 9.53 Å². The largest absolute Gasteiger partial charge is 0.380 e. The number of hydrogen-bond acceptors (Lipinski definition) is 3. The first-order chi connectivity index (χ1) is 10.2. The first-order valence-electron chi connectivity index (χ1n) is 6.76. The number of carbonyl (C=O) groups excluding carboxylic acids is 1. The minimum atomic E-state index is -0.0815. The van der Waals surface area contributed by atoms with Crippen molar-refractivity contribution in [3.8, 4) is 0 Å². The first kappa shape index (κ1) is 15.5. The topological polar surface area (TPSA) is 38.3 Å². The summed E-state index contributed by atoms with van der Waals surface area (Å²) in [6.07, 6.45) is 3.42. The van der Waals surface area contributed by atoms with E-state index in [4.69, 9.17) is 4.74 Å². The molecule has 1 aromatic heterocycles. The molecular formula is C17H19NO2S. The summed E-state index contributed by atoms with van der Waals surface area (Å²) in [4.78, 5) is 14.1. The average molecular weight is 301 g/mol. The predicted octanol–water partition coefficient (Wildman–Crippen LogP) is 3.53. The summed E-state index contributed by atoms with van der Waals surface area (Å²) in [5, 5.41) is 2.88. The van der Waals surface area contributed by atoms with Crippen molar-refractivity contribution in [2.75, 3.05) is 7.11 Å². The lowest BCUT2D eigenvalue weighted by atomic mass is 10.1. The Morgan fingerprint density at radius 1 is 1.19 bits per heavy atom. The number of nitrogens with one attached hydrogen (secondary N) is 1. The molecule has 0 aliphatic rings. The molecule has 0 aliphatic carbocycles. The number of thiophene rings is 1. The Morgan fingerprint density at radius 2 is 1.90 bits per heavy atom. The maximum Gasteiger partial charge on any atom is 0.244 e. The van der Waals surface area contributed by atoms with Gasteiger partial charge in [-0.15, -0.1) is 11.3 Å². The average Bonchev–Trinajstić information content (AvgIpc) is 2.90. The van der Waals surface area contributed by atoms with Crippen LogP contribution in [-0.4, -0.2) is 13.0 Å². The molecular weight excluding hydrogens is 282 g/mol. The van der Waals surface area contributed by atoms with Crippen molar-refractivity contribution in [2.45, 2.75) is 20.1 Å². The van der Waals surface area contributed by atoms with Crippen molar-refractivity contribution >= 4 is 23.3 Å². The molecule has 0 saturated heterocycles. The third-order valence-electron chi connectivity index (χ3n) is 2.96. The second-order valence-corrected chi connectivity index (χ2v) is 6.07. The number of ether oxygens (including phenoxy) is 1. The number of aryl methyl sites for hydroxylation is 1. The fourth-order valence-electron chi connectivity index (χ4n) is 1.87. The molecule has 1 aromatic carbocycles. The number of hydrogen-bond donors (Lipinski definition) is 1. The van der Waals surface area contributed by atoms with Gasteiger partial charge < -0.3 is 10.1 Å². The lowest BCUT2D eigenvalue weighted by Gasteiger charge is -2.04. The highest BCUT2D eigenvalue weighted by molar-refractivity contribution is 7.12. The molecule has 2 rings (SSSR count). The van der Waals surface area contributed by atoms with Crippen LogP contribution in [0, 0.1) is 6.92 Å². The van der Waals surface area contributed by atoms with E-state index in [1.165, 1.54) is 4.88 Å². The van der Waals surface area contributed by atoms with E-state index in [0.29, 0.717) is 13.2 Å². The Morgan fingerprint density at radius 3 is 2.52 bits per heavy atom. The van der Waals surface area contributed by atoms with Crippen LogP contribution in [0.5, 0.6) is 0 Å². The third kappa shape index (κ3) is 5.17. The lowest BCUT2D eigenvalue weighted by Crippen LogP contribution is -2.20. The van der Waals surface area contributed by atoms with E-state index >= 15 is 0 Å². The summed E-state index contributed by atoms with van der Waals surface area (Å²) < 4.78 is 5.06. The van der Waals surface area contributed by atoms with Gasteiger partial charge in [-0.3, -0.25) is 4.79 Å². The predicted molar refractivity (Wildman–Crippen MR) is 87.1 cm³/mol. The number of benzene rings is 1. The van der Waals surface area contributed by atoms with E-state index < -0.39 is 0 Å². The maximum absolute atomic E-state index is 11.8. The van der Waals surface area contributed by atoms with Crippen LogP contribution in [0.25, 0.3) is 6.08 Å². The van der Waals surface area contributed by atoms with E-state index in [0.717, 1.165) is 16.0 Å². The van der Waals surface area contributed by atoms with E-state index in [-0.39, 0.29) is 5.91 Å². The fourth-order valence-corrected chi connectivity index (χ4v) is 2.65. The number of rotatable bonds is 6. The van der Waals surface area contributed by atoms with Crippen LogP contribution >= 0.6 is 11.3 Å². The molecule has 0 spiro atoms. The van der Waals surface area contributed by atoms with Crippen LogP contribution in [0.15, 0.2) is 42.5 Å². The zero-order valence-electron chi connectivity index (χ0n) is 12.3. The van der Waals surface area contributed by atoms with Gasteiger partial charge in [0.2, 0.25) is 5.91 Å². The number of amides is 1. The van der Waals surface area contributed by atoms with Crippen molar-refractivity contribution in [3.05, 3.63) is 63.4 Å². The molecule has 1 N–H and O–H groups in total. The first-order valence-corrected chi connectivity index (χ1v) is 7.58. The highest BCUT2D eigenvalue weighted by Gasteiger charge is 1.98. The van der Waals surface area contributed by atoms with Gasteiger partial charge in [0.05, 0.1) is 6.61 Å². The van der Waals surface area contributed by atoms with Gasteiger partial charge in [0.1, 0.15) is 0 Å². The Balaban J connectivity index is 1.82. The molecule has 4 heteroatoms. The van der Waals surface area contributed by atoms with Gasteiger partial charge >= 0.3 is 0 Å². The summed E-state index contributed by atoms with van der Waals surface area (Å²) in [6.45, 7) is 3.19. The van der Waals surface area contributed by atoms with Crippen molar-refractivity contribution in [2.24, 2.45) is 0 Å². The van der Waals surface area contributed by atoms with Gasteiger partial charge in [-0.25, -0.2) is 0 Å². The van der Waals surface area contributed by atoms with Gasteiger partial charge in [-0.05, 0) is 36.3 Å². The summed E-state index contributed by atoms with van der Waals surface area (Å²) in [5.74, 6) is -0.0815. The Kier molecular flexibility index (Phi) is 5.72. The van der Waals surface area contributed by atoms with Crippen LogP contribution in [0.4, 0.5) is 0 Å². The monoisotopic (exact) mass is 301 g/mol. The highest BCUT2D eigenvalue weighted by Crippen LogP contribution is 2.16. The Bertz CT molecular complexity index is 614. The van der Waals surface area contributed by atoms with Crippen LogP contribution in [0.2, 0.25) is 0 Å². The molecule has 1 amide bonds. The zero-order valence-corrected chi connectivity index (χ0v) is 13.1. The van der Waals surface area contributed by atoms with Crippen LogP contribution in [-0.2, 0) is 22.7 Å². The summed E-state index contributed by atoms with van der Waals surface area (Å²) in [7, 11) is 1.68. The van der Waals surface area contributed by atoms with E-state index in [1.807, 2.05) is 42.5 Å². The van der Waals surface area contributed by atoms with E-state index in [1.54, 1.807) is 24.5 Å². The third-order valence-corrected chi connectivity index (χ3v) is 3.93. The van der Waals surface area contributed by atoms with E-state index in [9.17, 15) is 4.79 Å². The smallest absolute Gasteiger partial charge is 0.244 e. The second-order valence-electron chi connectivity index (χ2n) is 4.75. The van der Waals surface area contributed by atoms with Gasteiger partial charge in [-0.1, -0.05) is 24.3 Å². The van der Waals surface area contributed by atoms with Crippen molar-refractivity contribution in [1.82, 2.24) is 5.32 Å². The van der Waals surface area contributed by atoms with Crippen molar-refractivity contribution in [3.63, 3.8) is 0 Å². The maximum atomic E-state index is 11.8. The summed E-state index contributed by atoms with van der Waals surface area (Å²) in [5.41, 5.74) is 2.20. The van der Waals surface area contributed by atoms with Gasteiger partial charge in [0.15, 0.2) is 0 Å². The molecule has 0 bridgehead atoms. The highest BCUT2D eigenvalue weighted by atomic mass is 32.1. The van der Waals surface area contributed by atoms with Gasteiger partial charge in [-0.2, -0.15) is 0 Å².